The second-order valence-electron chi connectivity index (χ2n) is 5.26. The van der Waals surface area contributed by atoms with Crippen LogP contribution in [-0.4, -0.2) is 34.3 Å². The van der Waals surface area contributed by atoms with Gasteiger partial charge in [-0.3, -0.25) is 14.5 Å². The summed E-state index contributed by atoms with van der Waals surface area (Å²) in [5.74, 6) is -2.79. The van der Waals surface area contributed by atoms with Crippen LogP contribution in [0, 0.1) is 0 Å². The second-order valence-corrected chi connectivity index (χ2v) is 5.26. The maximum absolute atomic E-state index is 12.6. The third kappa shape index (κ3) is 2.77. The number of fused-ring (bicyclic) bond motifs is 1. The Bertz CT molecular complexity index is 867. The van der Waals surface area contributed by atoms with E-state index in [1.54, 1.807) is 36.4 Å². The van der Waals surface area contributed by atoms with E-state index in [9.17, 15) is 24.6 Å². The van der Waals surface area contributed by atoms with E-state index in [-0.39, 0.29) is 16.9 Å². The van der Waals surface area contributed by atoms with Crippen LogP contribution in [0.1, 0.15) is 21.5 Å². The number of carbonyl (C=O) groups is 3. The molecule has 2 amide bonds. The normalized spacial score (nSPS) is 15.5. The van der Waals surface area contributed by atoms with Crippen LogP contribution >= 0.6 is 0 Å². The molecule has 2 aromatic rings. The molecule has 1 heterocycles. The Hall–Kier alpha value is -3.41. The van der Waals surface area contributed by atoms with Crippen LogP contribution in [0.15, 0.2) is 48.5 Å². The Balaban J connectivity index is 2.14. The van der Waals surface area contributed by atoms with Gasteiger partial charge in [-0.05, 0) is 35.4 Å². The minimum Gasteiger partial charge on any atom is -0.548 e. The molecular weight excluding hydrogens is 310 g/mol. The number of nitrogens with zero attached hydrogens (tertiary/aromatic N) is 1. The fourth-order valence-electron chi connectivity index (χ4n) is 2.55. The van der Waals surface area contributed by atoms with Gasteiger partial charge in [0.25, 0.3) is 11.8 Å². The van der Waals surface area contributed by atoms with Crippen molar-refractivity contribution in [2.75, 3.05) is 6.54 Å². The molecule has 0 spiro atoms. The van der Waals surface area contributed by atoms with Gasteiger partial charge in [-0.25, -0.2) is 0 Å². The number of aliphatic carboxylic acids is 1. The number of aromatic hydroxyl groups is 1. The molecule has 2 aromatic carbocycles. The van der Waals surface area contributed by atoms with Crippen molar-refractivity contribution in [3.63, 3.8) is 0 Å². The zero-order chi connectivity index (χ0) is 17.3. The number of benzene rings is 2. The van der Waals surface area contributed by atoms with Crippen LogP contribution in [0.25, 0.3) is 11.6 Å². The summed E-state index contributed by atoms with van der Waals surface area (Å²) in [7, 11) is 0. The third-order valence-electron chi connectivity index (χ3n) is 3.66. The molecule has 3 rings (SSSR count). The van der Waals surface area contributed by atoms with Crippen LogP contribution < -0.4 is 5.11 Å². The molecule has 0 aliphatic carbocycles. The summed E-state index contributed by atoms with van der Waals surface area (Å²) in [6.07, 6.45) is 1.55. The van der Waals surface area contributed by atoms with Gasteiger partial charge in [-0.15, -0.1) is 0 Å². The monoisotopic (exact) mass is 322 g/mol. The predicted molar refractivity (Wildman–Crippen MR) is 83.5 cm³/mol. The highest BCUT2D eigenvalue weighted by atomic mass is 16.4. The van der Waals surface area contributed by atoms with Gasteiger partial charge in [0, 0.05) is 11.1 Å². The van der Waals surface area contributed by atoms with Gasteiger partial charge in [-0.2, -0.15) is 0 Å². The number of carboxylic acids is 1. The molecule has 0 radical (unpaired) electrons. The standard InChI is InChI=1S/C18H13NO5/c20-12-7-5-11(6-8-12)9-15-13-3-1-2-4-14(13)17(23)19(18(15)24)10-16(21)22/h1-9,20H,10H2,(H,21,22)/p-1/b15-9-. The molecule has 0 fully saturated rings. The van der Waals surface area contributed by atoms with E-state index >= 15 is 0 Å². The van der Waals surface area contributed by atoms with Crippen molar-refractivity contribution < 1.29 is 24.6 Å². The maximum Gasteiger partial charge on any atom is 0.261 e. The molecule has 0 saturated heterocycles. The largest absolute Gasteiger partial charge is 0.548 e. The number of rotatable bonds is 3. The minimum atomic E-state index is -1.51. The lowest BCUT2D eigenvalue weighted by Crippen LogP contribution is -2.47. The summed E-state index contributed by atoms with van der Waals surface area (Å²) < 4.78 is 0. The topological polar surface area (TPSA) is 97.7 Å². The summed E-state index contributed by atoms with van der Waals surface area (Å²) in [6, 6.07) is 12.7. The molecule has 0 aromatic heterocycles. The molecule has 0 bridgehead atoms. The van der Waals surface area contributed by atoms with E-state index in [0.717, 1.165) is 0 Å². The van der Waals surface area contributed by atoms with Crippen LogP contribution in [-0.2, 0) is 9.59 Å². The van der Waals surface area contributed by atoms with Gasteiger partial charge in [0.1, 0.15) is 5.75 Å². The highest BCUT2D eigenvalue weighted by Crippen LogP contribution is 2.30. The summed E-state index contributed by atoms with van der Waals surface area (Å²) in [4.78, 5) is 36.5. The lowest BCUT2D eigenvalue weighted by molar-refractivity contribution is -0.305. The fourth-order valence-corrected chi connectivity index (χ4v) is 2.55. The van der Waals surface area contributed by atoms with Crippen LogP contribution in [0.5, 0.6) is 5.75 Å². The van der Waals surface area contributed by atoms with Gasteiger partial charge in [0.15, 0.2) is 0 Å². The lowest BCUT2D eigenvalue weighted by Gasteiger charge is -2.28. The Morgan fingerprint density at radius 3 is 2.25 bits per heavy atom. The van der Waals surface area contributed by atoms with Crippen LogP contribution in [0.3, 0.4) is 0 Å². The van der Waals surface area contributed by atoms with Crippen LogP contribution in [0.4, 0.5) is 0 Å². The molecule has 0 unspecified atom stereocenters. The van der Waals surface area contributed by atoms with Gasteiger partial charge < -0.3 is 15.0 Å². The average molecular weight is 322 g/mol. The third-order valence-corrected chi connectivity index (χ3v) is 3.66. The molecule has 0 saturated carbocycles. The first-order valence-corrected chi connectivity index (χ1v) is 7.13. The quantitative estimate of drug-likeness (QED) is 0.661. The van der Waals surface area contributed by atoms with E-state index in [2.05, 4.69) is 0 Å². The maximum atomic E-state index is 12.6. The summed E-state index contributed by atoms with van der Waals surface area (Å²) in [6.45, 7) is -0.807. The number of carbonyl (C=O) groups excluding carboxylic acids is 3. The number of hydrogen-bond acceptors (Lipinski definition) is 5. The van der Waals surface area contributed by atoms with Crippen LogP contribution in [0.2, 0.25) is 0 Å². The van der Waals surface area contributed by atoms with E-state index in [1.165, 1.54) is 18.2 Å². The second kappa shape index (κ2) is 6.00. The van der Waals surface area contributed by atoms with Crippen molar-refractivity contribution in [1.29, 1.82) is 0 Å². The Morgan fingerprint density at radius 1 is 1.00 bits per heavy atom. The van der Waals surface area contributed by atoms with Gasteiger partial charge in [0.05, 0.1) is 12.5 Å². The lowest BCUT2D eigenvalue weighted by atomic mass is 9.92. The molecule has 6 nitrogen and oxygen atoms in total. The number of phenols is 1. The first kappa shape index (κ1) is 15.5. The zero-order valence-electron chi connectivity index (χ0n) is 12.4. The minimum absolute atomic E-state index is 0.0845. The average Bonchev–Trinajstić information content (AvgIpc) is 2.57. The number of amides is 2. The molecule has 1 aliphatic heterocycles. The Kier molecular flexibility index (Phi) is 3.87. The SMILES string of the molecule is O=C([O-])CN1C(=O)/C(=C\c2ccc(O)cc2)c2ccccc2C1=O. The summed E-state index contributed by atoms with van der Waals surface area (Å²) in [5.41, 5.74) is 1.53. The number of phenolic OH excluding ortho intramolecular Hbond substituents is 1. The molecule has 1 N–H and O–H groups in total. The fraction of sp³-hybridized carbons (Fsp3) is 0.0556. The summed E-state index contributed by atoms with van der Waals surface area (Å²) in [5, 5.41) is 20.2. The molecular formula is C18H12NO5-. The Morgan fingerprint density at radius 2 is 1.62 bits per heavy atom. The van der Waals surface area contributed by atoms with E-state index in [0.29, 0.717) is 16.0 Å². The van der Waals surface area contributed by atoms with Gasteiger partial charge in [0.2, 0.25) is 0 Å². The van der Waals surface area contributed by atoms with E-state index in [4.69, 9.17) is 0 Å². The molecule has 24 heavy (non-hydrogen) atoms. The van der Waals surface area contributed by atoms with Crippen molar-refractivity contribution in [2.45, 2.75) is 0 Å². The highest BCUT2D eigenvalue weighted by Gasteiger charge is 2.34. The van der Waals surface area contributed by atoms with Crippen molar-refractivity contribution in [3.05, 3.63) is 65.2 Å². The van der Waals surface area contributed by atoms with Crippen molar-refractivity contribution >= 4 is 29.4 Å². The number of carboxylic acid groups (broad SMARTS) is 1. The number of imide groups is 1. The van der Waals surface area contributed by atoms with Gasteiger partial charge >= 0.3 is 0 Å². The van der Waals surface area contributed by atoms with Crippen molar-refractivity contribution in [3.8, 4) is 5.75 Å². The molecule has 0 atom stereocenters. The molecule has 120 valence electrons. The first-order chi connectivity index (χ1) is 11.5. The zero-order valence-corrected chi connectivity index (χ0v) is 12.4. The van der Waals surface area contributed by atoms with Gasteiger partial charge in [-0.1, -0.05) is 30.3 Å². The van der Waals surface area contributed by atoms with Crippen molar-refractivity contribution in [1.82, 2.24) is 4.90 Å². The Labute approximate surface area is 137 Å². The summed E-state index contributed by atoms with van der Waals surface area (Å²) >= 11 is 0. The van der Waals surface area contributed by atoms with Crippen molar-refractivity contribution in [2.24, 2.45) is 0 Å². The molecule has 6 heteroatoms. The first-order valence-electron chi connectivity index (χ1n) is 7.13. The highest BCUT2D eigenvalue weighted by molar-refractivity contribution is 6.34. The van der Waals surface area contributed by atoms with E-state index in [1.807, 2.05) is 0 Å². The molecule has 1 aliphatic rings. The smallest absolute Gasteiger partial charge is 0.261 e. The number of hydrogen-bond donors (Lipinski definition) is 1. The van der Waals surface area contributed by atoms with E-state index < -0.39 is 24.3 Å². The predicted octanol–water partition coefficient (Wildman–Crippen LogP) is 0.665.